The zero-order valence-electron chi connectivity index (χ0n) is 7.83. The van der Waals surface area contributed by atoms with E-state index in [1.54, 1.807) is 0 Å². The standard InChI is InChI=1S/C9H11N3OS/c1-3-5-11-8(13)7-6-12-9(14-7)10-4-2/h1,6H,4-5H2,2H3,(H,10,12)(H,11,13). The molecule has 0 aliphatic heterocycles. The summed E-state index contributed by atoms with van der Waals surface area (Å²) >= 11 is 1.31. The van der Waals surface area contributed by atoms with E-state index in [1.165, 1.54) is 17.5 Å². The summed E-state index contributed by atoms with van der Waals surface area (Å²) in [6.07, 6.45) is 6.55. The fourth-order valence-electron chi connectivity index (χ4n) is 0.830. The van der Waals surface area contributed by atoms with Crippen LogP contribution in [0.25, 0.3) is 0 Å². The van der Waals surface area contributed by atoms with Crippen LogP contribution in [0.1, 0.15) is 16.6 Å². The van der Waals surface area contributed by atoms with Gasteiger partial charge >= 0.3 is 0 Å². The predicted octanol–water partition coefficient (Wildman–Crippen LogP) is 0.938. The van der Waals surface area contributed by atoms with Crippen molar-refractivity contribution in [2.24, 2.45) is 0 Å². The molecule has 0 aliphatic rings. The predicted molar refractivity (Wildman–Crippen MR) is 57.4 cm³/mol. The average molecular weight is 209 g/mol. The van der Waals surface area contributed by atoms with Crippen molar-refractivity contribution in [3.8, 4) is 12.3 Å². The summed E-state index contributed by atoms with van der Waals surface area (Å²) in [6, 6.07) is 0. The molecule has 1 amide bonds. The van der Waals surface area contributed by atoms with Gasteiger partial charge in [0.1, 0.15) is 4.88 Å². The van der Waals surface area contributed by atoms with Gasteiger partial charge < -0.3 is 10.6 Å². The Morgan fingerprint density at radius 2 is 2.57 bits per heavy atom. The van der Waals surface area contributed by atoms with Crippen LogP contribution in [0.15, 0.2) is 6.20 Å². The third kappa shape index (κ3) is 2.75. The highest BCUT2D eigenvalue weighted by molar-refractivity contribution is 7.17. The second-order valence-corrected chi connectivity index (χ2v) is 3.48. The van der Waals surface area contributed by atoms with E-state index in [0.717, 1.165) is 11.7 Å². The lowest BCUT2D eigenvalue weighted by Gasteiger charge is -1.96. The Labute approximate surface area is 86.7 Å². The van der Waals surface area contributed by atoms with Gasteiger partial charge in [-0.1, -0.05) is 17.3 Å². The first-order valence-corrected chi connectivity index (χ1v) is 5.01. The Morgan fingerprint density at radius 3 is 3.21 bits per heavy atom. The van der Waals surface area contributed by atoms with Crippen LogP contribution in [-0.4, -0.2) is 24.0 Å². The van der Waals surface area contributed by atoms with Crippen molar-refractivity contribution < 1.29 is 4.79 Å². The summed E-state index contributed by atoms with van der Waals surface area (Å²) in [6.45, 7) is 3.01. The van der Waals surface area contributed by atoms with Crippen LogP contribution in [0.4, 0.5) is 5.13 Å². The molecule has 4 nitrogen and oxygen atoms in total. The number of nitrogens with zero attached hydrogens (tertiary/aromatic N) is 1. The molecule has 1 rings (SSSR count). The number of amides is 1. The van der Waals surface area contributed by atoms with Gasteiger partial charge in [-0.2, -0.15) is 0 Å². The van der Waals surface area contributed by atoms with Crippen molar-refractivity contribution >= 4 is 22.4 Å². The monoisotopic (exact) mass is 209 g/mol. The van der Waals surface area contributed by atoms with Crippen LogP contribution in [0, 0.1) is 12.3 Å². The van der Waals surface area contributed by atoms with Crippen LogP contribution < -0.4 is 10.6 Å². The summed E-state index contributed by atoms with van der Waals surface area (Å²) in [5.74, 6) is 2.16. The molecule has 1 aromatic heterocycles. The Hall–Kier alpha value is -1.54. The second-order valence-electron chi connectivity index (χ2n) is 2.45. The fourth-order valence-corrected chi connectivity index (χ4v) is 1.63. The largest absolute Gasteiger partial charge is 0.362 e. The third-order valence-corrected chi connectivity index (χ3v) is 2.36. The molecule has 0 unspecified atom stereocenters. The maximum atomic E-state index is 11.4. The lowest BCUT2D eigenvalue weighted by Crippen LogP contribution is -2.22. The molecule has 0 atom stereocenters. The first kappa shape index (κ1) is 10.5. The van der Waals surface area contributed by atoms with Crippen molar-refractivity contribution in [3.63, 3.8) is 0 Å². The molecule has 0 aromatic carbocycles. The van der Waals surface area contributed by atoms with Crippen LogP contribution in [0.2, 0.25) is 0 Å². The molecular weight excluding hydrogens is 198 g/mol. The Morgan fingerprint density at radius 1 is 1.79 bits per heavy atom. The molecule has 1 heterocycles. The first-order chi connectivity index (χ1) is 6.77. The van der Waals surface area contributed by atoms with Gasteiger partial charge in [-0.3, -0.25) is 4.79 Å². The number of terminal acetylenes is 1. The quantitative estimate of drug-likeness (QED) is 0.726. The van der Waals surface area contributed by atoms with E-state index in [0.29, 0.717) is 4.88 Å². The van der Waals surface area contributed by atoms with Gasteiger partial charge in [0.2, 0.25) is 0 Å². The summed E-state index contributed by atoms with van der Waals surface area (Å²) in [7, 11) is 0. The highest BCUT2D eigenvalue weighted by Crippen LogP contribution is 2.17. The van der Waals surface area contributed by atoms with Crippen molar-refractivity contribution in [3.05, 3.63) is 11.1 Å². The highest BCUT2D eigenvalue weighted by Gasteiger charge is 2.08. The lowest BCUT2D eigenvalue weighted by atomic mass is 10.5. The highest BCUT2D eigenvalue weighted by atomic mass is 32.1. The number of anilines is 1. The minimum atomic E-state index is -0.176. The van der Waals surface area contributed by atoms with Crippen LogP contribution >= 0.6 is 11.3 Å². The second kappa shape index (κ2) is 5.25. The fraction of sp³-hybridized carbons (Fsp3) is 0.333. The van der Waals surface area contributed by atoms with Gasteiger partial charge in [0.15, 0.2) is 5.13 Å². The molecule has 2 N–H and O–H groups in total. The number of hydrogen-bond donors (Lipinski definition) is 2. The van der Waals surface area contributed by atoms with Crippen LogP contribution in [0.5, 0.6) is 0 Å². The lowest BCUT2D eigenvalue weighted by molar-refractivity contribution is 0.0962. The molecule has 0 saturated heterocycles. The molecule has 5 heteroatoms. The number of carbonyl (C=O) groups excluding carboxylic acids is 1. The normalized spacial score (nSPS) is 9.14. The molecule has 0 spiro atoms. The zero-order valence-corrected chi connectivity index (χ0v) is 8.65. The molecule has 0 aliphatic carbocycles. The topological polar surface area (TPSA) is 54.0 Å². The molecule has 1 aromatic rings. The summed E-state index contributed by atoms with van der Waals surface area (Å²) in [4.78, 5) is 16.0. The van der Waals surface area contributed by atoms with Gasteiger partial charge in [-0.25, -0.2) is 4.98 Å². The average Bonchev–Trinajstić information content (AvgIpc) is 2.63. The minimum absolute atomic E-state index is 0.176. The third-order valence-electron chi connectivity index (χ3n) is 1.41. The van der Waals surface area contributed by atoms with Crippen molar-refractivity contribution in [2.75, 3.05) is 18.4 Å². The first-order valence-electron chi connectivity index (χ1n) is 4.19. The molecule has 0 bridgehead atoms. The van der Waals surface area contributed by atoms with Gasteiger partial charge in [-0.15, -0.1) is 6.42 Å². The van der Waals surface area contributed by atoms with E-state index in [1.807, 2.05) is 6.92 Å². The number of thiazole rings is 1. The maximum absolute atomic E-state index is 11.4. The molecule has 14 heavy (non-hydrogen) atoms. The molecule has 74 valence electrons. The van der Waals surface area contributed by atoms with E-state index in [-0.39, 0.29) is 12.5 Å². The van der Waals surface area contributed by atoms with E-state index in [2.05, 4.69) is 21.5 Å². The number of nitrogens with one attached hydrogen (secondary N) is 2. The van der Waals surface area contributed by atoms with Crippen LogP contribution in [-0.2, 0) is 0 Å². The van der Waals surface area contributed by atoms with Gasteiger partial charge in [0.05, 0.1) is 12.7 Å². The van der Waals surface area contributed by atoms with Crippen molar-refractivity contribution in [1.82, 2.24) is 10.3 Å². The zero-order chi connectivity index (χ0) is 10.4. The molecular formula is C9H11N3OS. The van der Waals surface area contributed by atoms with E-state index < -0.39 is 0 Å². The minimum Gasteiger partial charge on any atom is -0.362 e. The Bertz CT molecular complexity index is 353. The molecule has 0 saturated carbocycles. The summed E-state index contributed by atoms with van der Waals surface area (Å²) in [5.41, 5.74) is 0. The summed E-state index contributed by atoms with van der Waals surface area (Å²) in [5, 5.41) is 6.35. The van der Waals surface area contributed by atoms with Crippen molar-refractivity contribution in [2.45, 2.75) is 6.92 Å². The van der Waals surface area contributed by atoms with Gasteiger partial charge in [0.25, 0.3) is 5.91 Å². The molecule has 0 fully saturated rings. The van der Waals surface area contributed by atoms with E-state index in [9.17, 15) is 4.79 Å². The Balaban J connectivity index is 2.58. The van der Waals surface area contributed by atoms with Crippen molar-refractivity contribution in [1.29, 1.82) is 0 Å². The van der Waals surface area contributed by atoms with E-state index >= 15 is 0 Å². The SMILES string of the molecule is C#CCNC(=O)c1cnc(NCC)s1. The number of rotatable bonds is 4. The summed E-state index contributed by atoms with van der Waals surface area (Å²) < 4.78 is 0. The Kier molecular flexibility index (Phi) is 3.95. The van der Waals surface area contributed by atoms with Crippen LogP contribution in [0.3, 0.4) is 0 Å². The van der Waals surface area contributed by atoms with Gasteiger partial charge in [-0.05, 0) is 6.92 Å². The van der Waals surface area contributed by atoms with E-state index in [4.69, 9.17) is 6.42 Å². The number of hydrogen-bond acceptors (Lipinski definition) is 4. The maximum Gasteiger partial charge on any atom is 0.263 e. The van der Waals surface area contributed by atoms with Gasteiger partial charge in [0, 0.05) is 6.54 Å². The number of carbonyl (C=O) groups is 1. The number of aromatic nitrogens is 1. The molecule has 0 radical (unpaired) electrons. The smallest absolute Gasteiger partial charge is 0.263 e.